The lowest BCUT2D eigenvalue weighted by molar-refractivity contribution is 0.0611. The second-order valence-electron chi connectivity index (χ2n) is 8.14. The van der Waals surface area contributed by atoms with Crippen LogP contribution in [-0.4, -0.2) is 42.8 Å². The number of methoxy groups -OCH3 is 1. The molecule has 0 bridgehead atoms. The van der Waals surface area contributed by atoms with Crippen molar-refractivity contribution in [3.05, 3.63) is 106 Å². The van der Waals surface area contributed by atoms with E-state index in [4.69, 9.17) is 4.74 Å². The number of amides is 3. The summed E-state index contributed by atoms with van der Waals surface area (Å²) in [5.74, 6) is -0.293. The van der Waals surface area contributed by atoms with E-state index in [1.165, 1.54) is 4.90 Å². The highest BCUT2D eigenvalue weighted by molar-refractivity contribution is 9.10. The fourth-order valence-electron chi connectivity index (χ4n) is 4.37. The summed E-state index contributed by atoms with van der Waals surface area (Å²) < 4.78 is 6.03. The number of imide groups is 1. The third-order valence-corrected chi connectivity index (χ3v) is 6.60. The van der Waals surface area contributed by atoms with E-state index >= 15 is 0 Å². The number of hydrogen-bond acceptors (Lipinski definition) is 4. The highest BCUT2D eigenvalue weighted by Crippen LogP contribution is 2.30. The van der Waals surface area contributed by atoms with Crippen molar-refractivity contribution in [2.45, 2.75) is 0 Å². The molecule has 174 valence electrons. The van der Waals surface area contributed by atoms with Gasteiger partial charge in [-0.2, -0.15) is 0 Å². The van der Waals surface area contributed by atoms with Crippen molar-refractivity contribution >= 4 is 50.1 Å². The maximum Gasteiger partial charge on any atom is 0.261 e. The predicted molar refractivity (Wildman–Crippen MR) is 138 cm³/mol. The summed E-state index contributed by atoms with van der Waals surface area (Å²) in [5.41, 5.74) is 2.11. The molecule has 0 aliphatic carbocycles. The van der Waals surface area contributed by atoms with E-state index < -0.39 is 0 Å². The summed E-state index contributed by atoms with van der Waals surface area (Å²) in [6.07, 6.45) is 0. The molecular weight excluding hydrogens is 508 g/mol. The highest BCUT2D eigenvalue weighted by Gasteiger charge is 2.33. The molecule has 0 unspecified atom stereocenters. The summed E-state index contributed by atoms with van der Waals surface area (Å²) in [4.78, 5) is 42.9. The van der Waals surface area contributed by atoms with Gasteiger partial charge in [-0.1, -0.05) is 46.3 Å². The zero-order valence-corrected chi connectivity index (χ0v) is 20.5. The Balaban J connectivity index is 1.47. The summed E-state index contributed by atoms with van der Waals surface area (Å²) >= 11 is 3.42. The van der Waals surface area contributed by atoms with E-state index in [1.54, 1.807) is 66.6 Å². The van der Waals surface area contributed by atoms with Crippen LogP contribution in [0.15, 0.2) is 89.4 Å². The average molecular weight is 529 g/mol. The molecule has 0 saturated heterocycles. The number of ether oxygens (including phenoxy) is 1. The van der Waals surface area contributed by atoms with Gasteiger partial charge >= 0.3 is 0 Å². The molecule has 1 aliphatic rings. The molecule has 0 N–H and O–H groups in total. The summed E-state index contributed by atoms with van der Waals surface area (Å²) in [6.45, 7) is 0.182. The molecule has 5 rings (SSSR count). The predicted octanol–water partition coefficient (Wildman–Crippen LogP) is 5.55. The van der Waals surface area contributed by atoms with E-state index in [9.17, 15) is 14.4 Å². The van der Waals surface area contributed by atoms with E-state index in [1.807, 2.05) is 30.3 Å². The number of rotatable bonds is 6. The normalized spacial score (nSPS) is 12.7. The first kappa shape index (κ1) is 22.8. The minimum absolute atomic E-state index is 0.0498. The molecular formula is C28H21BrN2O4. The number of halogens is 1. The average Bonchev–Trinajstić information content (AvgIpc) is 2.89. The lowest BCUT2D eigenvalue weighted by Crippen LogP contribution is -2.46. The van der Waals surface area contributed by atoms with Crippen LogP contribution in [0.5, 0.6) is 5.75 Å². The van der Waals surface area contributed by atoms with Crippen LogP contribution in [0.2, 0.25) is 0 Å². The Labute approximate surface area is 210 Å². The Hall–Kier alpha value is -3.97. The molecule has 4 aromatic carbocycles. The van der Waals surface area contributed by atoms with Crippen molar-refractivity contribution in [2.24, 2.45) is 0 Å². The molecule has 0 radical (unpaired) electrons. The Bertz CT molecular complexity index is 1420. The van der Waals surface area contributed by atoms with Gasteiger partial charge in [0.2, 0.25) is 0 Å². The molecule has 0 aromatic heterocycles. The minimum atomic E-state index is -0.358. The van der Waals surface area contributed by atoms with Crippen molar-refractivity contribution in [2.75, 3.05) is 25.1 Å². The molecule has 0 spiro atoms. The maximum atomic E-state index is 13.5. The summed E-state index contributed by atoms with van der Waals surface area (Å²) in [7, 11) is 1.57. The number of benzene rings is 4. The SMILES string of the molecule is COc1ccc(N(CCN2C(=O)c3cccc4cccc(c34)C2=O)C(=O)c2cccc(Br)c2)cc1. The Morgan fingerprint density at radius 2 is 1.51 bits per heavy atom. The summed E-state index contributed by atoms with van der Waals surface area (Å²) in [5, 5.41) is 1.53. The molecule has 1 heterocycles. The second-order valence-corrected chi connectivity index (χ2v) is 9.05. The van der Waals surface area contributed by atoms with Gasteiger partial charge in [-0.25, -0.2) is 0 Å². The van der Waals surface area contributed by atoms with Gasteiger partial charge in [0.15, 0.2) is 0 Å². The van der Waals surface area contributed by atoms with E-state index in [2.05, 4.69) is 15.9 Å². The maximum absolute atomic E-state index is 13.5. The molecule has 1 aliphatic heterocycles. The van der Waals surface area contributed by atoms with Crippen molar-refractivity contribution in [3.8, 4) is 5.75 Å². The first-order valence-electron chi connectivity index (χ1n) is 11.1. The van der Waals surface area contributed by atoms with Gasteiger partial charge < -0.3 is 9.64 Å². The van der Waals surface area contributed by atoms with Gasteiger partial charge in [-0.15, -0.1) is 0 Å². The van der Waals surface area contributed by atoms with E-state index in [0.29, 0.717) is 33.5 Å². The van der Waals surface area contributed by atoms with Gasteiger partial charge in [-0.3, -0.25) is 19.3 Å². The molecule has 6 nitrogen and oxygen atoms in total. The molecule has 4 aromatic rings. The molecule has 7 heteroatoms. The topological polar surface area (TPSA) is 66.9 Å². The molecule has 0 fully saturated rings. The van der Waals surface area contributed by atoms with Gasteiger partial charge in [-0.05, 0) is 60.0 Å². The molecule has 35 heavy (non-hydrogen) atoms. The van der Waals surface area contributed by atoms with Gasteiger partial charge in [0.25, 0.3) is 17.7 Å². The highest BCUT2D eigenvalue weighted by atomic mass is 79.9. The van der Waals surface area contributed by atoms with Crippen LogP contribution >= 0.6 is 15.9 Å². The smallest absolute Gasteiger partial charge is 0.261 e. The quantitative estimate of drug-likeness (QED) is 0.307. The first-order chi connectivity index (χ1) is 17.0. The van der Waals surface area contributed by atoms with Crippen LogP contribution in [0.25, 0.3) is 10.8 Å². The van der Waals surface area contributed by atoms with Crippen molar-refractivity contribution in [1.82, 2.24) is 4.90 Å². The van der Waals surface area contributed by atoms with Crippen molar-refractivity contribution in [1.29, 1.82) is 0 Å². The standard InChI is InChI=1S/C28H21BrN2O4/c1-35-22-13-11-21(12-14-22)30(26(32)19-7-2-8-20(29)17-19)15-16-31-27(33)23-9-3-5-18-6-4-10-24(25(18)23)28(31)34/h2-14,17H,15-16H2,1H3. The number of carbonyl (C=O) groups excluding carboxylic acids is 3. The minimum Gasteiger partial charge on any atom is -0.497 e. The lowest BCUT2D eigenvalue weighted by atomic mass is 9.94. The van der Waals surface area contributed by atoms with E-state index in [-0.39, 0.29) is 30.8 Å². The van der Waals surface area contributed by atoms with Gasteiger partial charge in [0.05, 0.1) is 7.11 Å². The third-order valence-electron chi connectivity index (χ3n) is 6.10. The fourth-order valence-corrected chi connectivity index (χ4v) is 4.77. The van der Waals surface area contributed by atoms with Crippen LogP contribution in [0, 0.1) is 0 Å². The van der Waals surface area contributed by atoms with Crippen LogP contribution in [0.1, 0.15) is 31.1 Å². The number of carbonyl (C=O) groups is 3. The fraction of sp³-hybridized carbons (Fsp3) is 0.107. The molecule has 3 amide bonds. The van der Waals surface area contributed by atoms with Gasteiger partial charge in [0.1, 0.15) is 5.75 Å². The van der Waals surface area contributed by atoms with Crippen molar-refractivity contribution in [3.63, 3.8) is 0 Å². The largest absolute Gasteiger partial charge is 0.497 e. The second kappa shape index (κ2) is 9.35. The monoisotopic (exact) mass is 528 g/mol. The number of anilines is 1. The van der Waals surface area contributed by atoms with Crippen LogP contribution in [0.3, 0.4) is 0 Å². The Morgan fingerprint density at radius 1 is 0.886 bits per heavy atom. The summed E-state index contributed by atoms with van der Waals surface area (Å²) in [6, 6.07) is 25.1. The first-order valence-corrected chi connectivity index (χ1v) is 11.9. The van der Waals surface area contributed by atoms with E-state index in [0.717, 1.165) is 9.86 Å². The lowest BCUT2D eigenvalue weighted by Gasteiger charge is -2.30. The zero-order chi connectivity index (χ0) is 24.5. The Morgan fingerprint density at radius 3 is 2.11 bits per heavy atom. The van der Waals surface area contributed by atoms with Crippen LogP contribution in [0.4, 0.5) is 5.69 Å². The molecule has 0 atom stereocenters. The van der Waals surface area contributed by atoms with Crippen LogP contribution in [-0.2, 0) is 0 Å². The van der Waals surface area contributed by atoms with Gasteiger partial charge in [0, 0.05) is 45.3 Å². The Kier molecular flexibility index (Phi) is 6.09. The zero-order valence-electron chi connectivity index (χ0n) is 18.9. The number of nitrogens with zero attached hydrogens (tertiary/aromatic N) is 2. The third kappa shape index (κ3) is 4.19. The van der Waals surface area contributed by atoms with Crippen molar-refractivity contribution < 1.29 is 19.1 Å². The number of hydrogen-bond donors (Lipinski definition) is 0. The molecule has 0 saturated carbocycles. The van der Waals surface area contributed by atoms with Crippen LogP contribution < -0.4 is 9.64 Å².